The number of methoxy groups -OCH3 is 1. The average Bonchev–Trinajstić information content (AvgIpc) is 2.88. The van der Waals surface area contributed by atoms with Gasteiger partial charge in [-0.25, -0.2) is 4.98 Å². The summed E-state index contributed by atoms with van der Waals surface area (Å²) in [5.41, 5.74) is 1.63. The third kappa shape index (κ3) is 5.95. The monoisotopic (exact) mass is 461 g/mol. The summed E-state index contributed by atoms with van der Waals surface area (Å²) in [7, 11) is 1.65. The van der Waals surface area contributed by atoms with Crippen molar-refractivity contribution in [3.63, 3.8) is 0 Å². The molecule has 0 unspecified atom stereocenters. The molecule has 0 atom stereocenters. The van der Waals surface area contributed by atoms with E-state index in [2.05, 4.69) is 27.8 Å². The topological polar surface area (TPSA) is 74.5 Å². The van der Waals surface area contributed by atoms with Crippen molar-refractivity contribution in [2.24, 2.45) is 0 Å². The Hall–Kier alpha value is -3.28. The number of nitrogens with zero attached hydrogens (tertiary/aromatic N) is 5. The van der Waals surface area contributed by atoms with Crippen molar-refractivity contribution in [2.45, 2.75) is 23.3 Å². The molecule has 0 amide bonds. The molecule has 2 aromatic carbocycles. The van der Waals surface area contributed by atoms with Crippen LogP contribution in [-0.4, -0.2) is 54.7 Å². The normalized spacial score (nSPS) is 14.0. The highest BCUT2D eigenvalue weighted by Crippen LogP contribution is 2.35. The van der Waals surface area contributed by atoms with E-state index in [0.717, 1.165) is 53.8 Å². The number of hydrogen-bond donors (Lipinski definition) is 0. The van der Waals surface area contributed by atoms with Gasteiger partial charge < -0.3 is 19.3 Å². The minimum Gasteiger partial charge on any atom is -0.497 e. The predicted molar refractivity (Wildman–Crippen MR) is 129 cm³/mol. The summed E-state index contributed by atoms with van der Waals surface area (Å²) in [6, 6.07) is 17.4. The van der Waals surface area contributed by atoms with Gasteiger partial charge in [0.15, 0.2) is 0 Å². The molecule has 0 radical (unpaired) electrons. The SMILES string of the molecule is CCN1CCN(c2ncc(Sc3ccc(C#N)cc3)c(OCc3cccc(OC)c3)n2)CC1. The predicted octanol–water partition coefficient (Wildman–Crippen LogP) is 4.23. The van der Waals surface area contributed by atoms with Gasteiger partial charge in [-0.05, 0) is 48.5 Å². The van der Waals surface area contributed by atoms with Gasteiger partial charge in [0.2, 0.25) is 11.8 Å². The van der Waals surface area contributed by atoms with Crippen molar-refractivity contribution in [2.75, 3.05) is 44.7 Å². The second-order valence-corrected chi connectivity index (χ2v) is 8.75. The van der Waals surface area contributed by atoms with E-state index in [0.29, 0.717) is 24.0 Å². The van der Waals surface area contributed by atoms with Crippen LogP contribution < -0.4 is 14.4 Å². The van der Waals surface area contributed by atoms with Crippen molar-refractivity contribution in [3.05, 3.63) is 65.9 Å². The van der Waals surface area contributed by atoms with E-state index in [4.69, 9.17) is 19.7 Å². The molecule has 0 N–H and O–H groups in total. The highest BCUT2D eigenvalue weighted by Gasteiger charge is 2.20. The Labute approximate surface area is 199 Å². The molecular weight excluding hydrogens is 434 g/mol. The quantitative estimate of drug-likeness (QED) is 0.493. The van der Waals surface area contributed by atoms with Crippen molar-refractivity contribution in [1.82, 2.24) is 14.9 Å². The van der Waals surface area contributed by atoms with Gasteiger partial charge in [-0.3, -0.25) is 0 Å². The first-order valence-corrected chi connectivity index (χ1v) is 11.8. The summed E-state index contributed by atoms with van der Waals surface area (Å²) in [5, 5.41) is 9.05. The molecule has 33 heavy (non-hydrogen) atoms. The zero-order valence-electron chi connectivity index (χ0n) is 18.9. The number of rotatable bonds is 8. The molecule has 4 rings (SSSR count). The van der Waals surface area contributed by atoms with E-state index < -0.39 is 0 Å². The third-order valence-electron chi connectivity index (χ3n) is 5.53. The summed E-state index contributed by atoms with van der Waals surface area (Å²) in [4.78, 5) is 15.9. The van der Waals surface area contributed by atoms with Crippen LogP contribution in [0, 0.1) is 11.3 Å². The maximum absolute atomic E-state index is 9.05. The van der Waals surface area contributed by atoms with Crippen molar-refractivity contribution >= 4 is 17.7 Å². The molecular formula is C25H27N5O2S. The van der Waals surface area contributed by atoms with E-state index in [9.17, 15) is 0 Å². The van der Waals surface area contributed by atoms with E-state index >= 15 is 0 Å². The summed E-state index contributed by atoms with van der Waals surface area (Å²) < 4.78 is 11.5. The van der Waals surface area contributed by atoms with Crippen LogP contribution in [0.15, 0.2) is 64.5 Å². The van der Waals surface area contributed by atoms with Crippen LogP contribution in [0.25, 0.3) is 0 Å². The van der Waals surface area contributed by atoms with Gasteiger partial charge in [0.25, 0.3) is 0 Å². The fourth-order valence-corrected chi connectivity index (χ4v) is 4.40. The maximum Gasteiger partial charge on any atom is 0.232 e. The van der Waals surface area contributed by atoms with Gasteiger partial charge >= 0.3 is 0 Å². The molecule has 1 aliphatic heterocycles. The number of benzene rings is 2. The molecule has 0 aliphatic carbocycles. The Bertz CT molecular complexity index is 1110. The van der Waals surface area contributed by atoms with E-state index in [1.54, 1.807) is 7.11 Å². The van der Waals surface area contributed by atoms with Crippen molar-refractivity contribution in [1.29, 1.82) is 5.26 Å². The van der Waals surface area contributed by atoms with Gasteiger partial charge in [0.1, 0.15) is 12.4 Å². The number of likely N-dealkylation sites (N-methyl/N-ethyl adjacent to an activating group) is 1. The highest BCUT2D eigenvalue weighted by molar-refractivity contribution is 7.99. The standard InChI is InChI=1S/C25H27N5O2S/c1-3-29-11-13-30(14-12-29)25-27-17-23(33-22-9-7-19(16-26)8-10-22)24(28-25)32-18-20-5-4-6-21(15-20)31-2/h4-10,15,17H,3,11-14,18H2,1-2H3. The summed E-state index contributed by atoms with van der Waals surface area (Å²) >= 11 is 1.52. The van der Waals surface area contributed by atoms with Crippen LogP contribution in [0.4, 0.5) is 5.95 Å². The molecule has 0 saturated carbocycles. The number of anilines is 1. The molecule has 1 aliphatic rings. The van der Waals surface area contributed by atoms with Crippen LogP contribution in [0.3, 0.4) is 0 Å². The summed E-state index contributed by atoms with van der Waals surface area (Å²) in [6.07, 6.45) is 1.83. The second kappa shape index (κ2) is 11.0. The molecule has 1 fully saturated rings. The number of nitriles is 1. The smallest absolute Gasteiger partial charge is 0.232 e. The molecule has 7 nitrogen and oxygen atoms in total. The van der Waals surface area contributed by atoms with Gasteiger partial charge in [-0.1, -0.05) is 30.8 Å². The van der Waals surface area contributed by atoms with Gasteiger partial charge in [0.05, 0.1) is 29.8 Å². The molecule has 170 valence electrons. The first kappa shape index (κ1) is 22.9. The first-order valence-electron chi connectivity index (χ1n) is 11.0. The number of aromatic nitrogens is 2. The lowest BCUT2D eigenvalue weighted by atomic mass is 10.2. The third-order valence-corrected chi connectivity index (χ3v) is 6.54. The molecule has 0 spiro atoms. The minimum atomic E-state index is 0.373. The zero-order chi connectivity index (χ0) is 23.0. The molecule has 8 heteroatoms. The lowest BCUT2D eigenvalue weighted by molar-refractivity contribution is 0.267. The van der Waals surface area contributed by atoms with E-state index in [1.807, 2.05) is 54.7 Å². The summed E-state index contributed by atoms with van der Waals surface area (Å²) in [6.45, 7) is 7.41. The Morgan fingerprint density at radius 3 is 2.58 bits per heavy atom. The maximum atomic E-state index is 9.05. The fourth-order valence-electron chi connectivity index (χ4n) is 3.57. The second-order valence-electron chi connectivity index (χ2n) is 7.64. The van der Waals surface area contributed by atoms with Crippen LogP contribution in [-0.2, 0) is 6.61 Å². The Balaban J connectivity index is 1.56. The van der Waals surface area contributed by atoms with Crippen LogP contribution in [0.2, 0.25) is 0 Å². The van der Waals surface area contributed by atoms with Crippen LogP contribution in [0.5, 0.6) is 11.6 Å². The van der Waals surface area contributed by atoms with Crippen molar-refractivity contribution in [3.8, 4) is 17.7 Å². The highest BCUT2D eigenvalue weighted by atomic mass is 32.2. The average molecular weight is 462 g/mol. The molecule has 2 heterocycles. The summed E-state index contributed by atoms with van der Waals surface area (Å²) in [5.74, 6) is 2.03. The number of ether oxygens (including phenoxy) is 2. The minimum absolute atomic E-state index is 0.373. The van der Waals surface area contributed by atoms with Crippen molar-refractivity contribution < 1.29 is 9.47 Å². The largest absolute Gasteiger partial charge is 0.497 e. The fraction of sp³-hybridized carbons (Fsp3) is 0.320. The first-order chi connectivity index (χ1) is 16.2. The number of hydrogen-bond acceptors (Lipinski definition) is 8. The van der Waals surface area contributed by atoms with Gasteiger partial charge in [-0.15, -0.1) is 0 Å². The number of piperazine rings is 1. The van der Waals surface area contributed by atoms with Gasteiger partial charge in [0, 0.05) is 31.1 Å². The Morgan fingerprint density at radius 1 is 1.09 bits per heavy atom. The van der Waals surface area contributed by atoms with Gasteiger partial charge in [-0.2, -0.15) is 10.2 Å². The van der Waals surface area contributed by atoms with E-state index in [-0.39, 0.29) is 0 Å². The van der Waals surface area contributed by atoms with Crippen LogP contribution >= 0.6 is 11.8 Å². The zero-order valence-corrected chi connectivity index (χ0v) is 19.7. The Morgan fingerprint density at radius 2 is 1.88 bits per heavy atom. The van der Waals surface area contributed by atoms with E-state index in [1.165, 1.54) is 11.8 Å². The van der Waals surface area contributed by atoms with Crippen LogP contribution in [0.1, 0.15) is 18.1 Å². The Kier molecular flexibility index (Phi) is 7.66. The molecule has 1 aromatic heterocycles. The molecule has 1 saturated heterocycles. The lowest BCUT2D eigenvalue weighted by Crippen LogP contribution is -2.46. The molecule has 3 aromatic rings. The molecule has 0 bridgehead atoms. The lowest BCUT2D eigenvalue weighted by Gasteiger charge is -2.34.